The van der Waals surface area contributed by atoms with Gasteiger partial charge < -0.3 is 10.3 Å². The molecule has 0 aliphatic heterocycles. The molecule has 0 bridgehead atoms. The Labute approximate surface area is 130 Å². The number of anilines is 1. The van der Waals surface area contributed by atoms with Crippen LogP contribution < -0.4 is 5.73 Å². The zero-order valence-corrected chi connectivity index (χ0v) is 11.7. The number of benzene rings is 2. The third-order valence-electron chi connectivity index (χ3n) is 3.42. The summed E-state index contributed by atoms with van der Waals surface area (Å²) in [6.07, 6.45) is -9.81. The van der Waals surface area contributed by atoms with Crippen LogP contribution in [0.3, 0.4) is 0 Å². The summed E-state index contributed by atoms with van der Waals surface area (Å²) in [5.41, 5.74) is 2.80. The van der Waals surface area contributed by atoms with Gasteiger partial charge >= 0.3 is 12.4 Å². The van der Waals surface area contributed by atoms with Gasteiger partial charge in [-0.1, -0.05) is 11.2 Å². The van der Waals surface area contributed by atoms with Gasteiger partial charge in [0.2, 0.25) is 0 Å². The minimum Gasteiger partial charge on any atom is -0.380 e. The zero-order valence-electron chi connectivity index (χ0n) is 11.7. The smallest absolute Gasteiger partial charge is 0.380 e. The first-order chi connectivity index (χ1) is 11.1. The SMILES string of the molecule is Nc1noc2cc(-c3cc(C(F)(F)F)cc(C(F)(F)F)c3)ccc12. The number of hydrogen-bond donors (Lipinski definition) is 1. The van der Waals surface area contributed by atoms with Gasteiger partial charge in [0.25, 0.3) is 0 Å². The Morgan fingerprint density at radius 3 is 1.92 bits per heavy atom. The molecule has 0 unspecified atom stereocenters. The third kappa shape index (κ3) is 2.89. The molecule has 0 fully saturated rings. The van der Waals surface area contributed by atoms with Crippen LogP contribution in [0.25, 0.3) is 22.1 Å². The third-order valence-corrected chi connectivity index (χ3v) is 3.42. The van der Waals surface area contributed by atoms with Crippen molar-refractivity contribution in [3.8, 4) is 11.1 Å². The largest absolute Gasteiger partial charge is 0.416 e. The van der Waals surface area contributed by atoms with Gasteiger partial charge in [-0.15, -0.1) is 0 Å². The van der Waals surface area contributed by atoms with E-state index >= 15 is 0 Å². The van der Waals surface area contributed by atoms with Crippen LogP contribution >= 0.6 is 0 Å². The molecule has 2 N–H and O–H groups in total. The molecule has 3 rings (SSSR count). The van der Waals surface area contributed by atoms with Crippen molar-refractivity contribution in [2.45, 2.75) is 12.4 Å². The van der Waals surface area contributed by atoms with E-state index in [9.17, 15) is 26.3 Å². The standard InChI is InChI=1S/C15H8F6N2O/c16-14(17,18)9-3-8(4-10(6-9)15(19,20)21)7-1-2-11-12(5-7)24-23-13(11)22/h1-6H,(H2,22,23). The van der Waals surface area contributed by atoms with Crippen molar-refractivity contribution < 1.29 is 30.9 Å². The van der Waals surface area contributed by atoms with Gasteiger partial charge in [0, 0.05) is 0 Å². The second-order valence-corrected chi connectivity index (χ2v) is 5.07. The average Bonchev–Trinajstić information content (AvgIpc) is 2.86. The summed E-state index contributed by atoms with van der Waals surface area (Å²) >= 11 is 0. The van der Waals surface area contributed by atoms with Crippen LogP contribution in [0.1, 0.15) is 11.1 Å². The summed E-state index contributed by atoms with van der Waals surface area (Å²) in [5, 5.41) is 3.91. The molecule has 0 saturated carbocycles. The van der Waals surface area contributed by atoms with E-state index in [1.807, 2.05) is 0 Å². The zero-order chi connectivity index (χ0) is 17.7. The quantitative estimate of drug-likeness (QED) is 0.623. The predicted octanol–water partition coefficient (Wildman–Crippen LogP) is 5.11. The van der Waals surface area contributed by atoms with Gasteiger partial charge in [-0.05, 0) is 41.5 Å². The molecule has 9 heteroatoms. The second kappa shape index (κ2) is 5.15. The van der Waals surface area contributed by atoms with Crippen molar-refractivity contribution in [2.24, 2.45) is 0 Å². The number of nitrogens with zero attached hydrogens (tertiary/aromatic N) is 1. The Kier molecular flexibility index (Phi) is 3.47. The number of fused-ring (bicyclic) bond motifs is 1. The lowest BCUT2D eigenvalue weighted by molar-refractivity contribution is -0.143. The first kappa shape index (κ1) is 16.2. The van der Waals surface area contributed by atoms with Crippen LogP contribution in [-0.4, -0.2) is 5.16 Å². The number of hydrogen-bond acceptors (Lipinski definition) is 3. The monoisotopic (exact) mass is 346 g/mol. The van der Waals surface area contributed by atoms with E-state index in [0.29, 0.717) is 17.5 Å². The van der Waals surface area contributed by atoms with Gasteiger partial charge in [-0.2, -0.15) is 26.3 Å². The Morgan fingerprint density at radius 1 is 0.792 bits per heavy atom. The lowest BCUT2D eigenvalue weighted by Crippen LogP contribution is -2.11. The molecular weight excluding hydrogens is 338 g/mol. The van der Waals surface area contributed by atoms with Gasteiger partial charge in [0.15, 0.2) is 11.4 Å². The molecule has 0 spiro atoms. The summed E-state index contributed by atoms with van der Waals surface area (Å²) in [7, 11) is 0. The average molecular weight is 346 g/mol. The van der Waals surface area contributed by atoms with Crippen LogP contribution in [-0.2, 0) is 12.4 Å². The van der Waals surface area contributed by atoms with Crippen molar-refractivity contribution in [2.75, 3.05) is 5.73 Å². The molecular formula is C15H8F6N2O. The maximum absolute atomic E-state index is 12.9. The summed E-state index contributed by atoms with van der Waals surface area (Å²) in [5.74, 6) is 0.0802. The van der Waals surface area contributed by atoms with Gasteiger partial charge in [-0.25, -0.2) is 0 Å². The van der Waals surface area contributed by atoms with Crippen LogP contribution in [0.2, 0.25) is 0 Å². The van der Waals surface area contributed by atoms with Crippen LogP contribution in [0.4, 0.5) is 32.2 Å². The Morgan fingerprint density at radius 2 is 1.38 bits per heavy atom. The summed E-state index contributed by atoms with van der Waals surface area (Å²) in [4.78, 5) is 0. The van der Waals surface area contributed by atoms with Gasteiger partial charge in [0.05, 0.1) is 16.5 Å². The van der Waals surface area contributed by atoms with E-state index < -0.39 is 23.5 Å². The van der Waals surface area contributed by atoms with Crippen molar-refractivity contribution >= 4 is 16.8 Å². The molecule has 24 heavy (non-hydrogen) atoms. The van der Waals surface area contributed by atoms with Crippen LogP contribution in [0, 0.1) is 0 Å². The summed E-state index contributed by atoms with van der Waals surface area (Å²) < 4.78 is 82.3. The van der Waals surface area contributed by atoms with E-state index in [0.717, 1.165) is 0 Å². The molecule has 0 amide bonds. The fourth-order valence-electron chi connectivity index (χ4n) is 2.26. The topological polar surface area (TPSA) is 52.0 Å². The lowest BCUT2D eigenvalue weighted by Gasteiger charge is -2.14. The lowest BCUT2D eigenvalue weighted by atomic mass is 9.98. The van der Waals surface area contributed by atoms with E-state index in [1.54, 1.807) is 0 Å². The molecule has 2 aromatic carbocycles. The Bertz CT molecular complexity index is 878. The molecule has 0 aliphatic rings. The van der Waals surface area contributed by atoms with E-state index in [-0.39, 0.29) is 28.6 Å². The molecule has 0 aliphatic carbocycles. The maximum atomic E-state index is 12.9. The molecule has 3 nitrogen and oxygen atoms in total. The van der Waals surface area contributed by atoms with Crippen LogP contribution in [0.5, 0.6) is 0 Å². The molecule has 126 valence electrons. The number of aromatic nitrogens is 1. The van der Waals surface area contributed by atoms with Crippen molar-refractivity contribution in [1.29, 1.82) is 0 Å². The van der Waals surface area contributed by atoms with Crippen molar-refractivity contribution in [1.82, 2.24) is 5.16 Å². The van der Waals surface area contributed by atoms with Crippen LogP contribution in [0.15, 0.2) is 40.9 Å². The number of nitrogens with two attached hydrogens (primary N) is 1. The summed E-state index contributed by atoms with van der Waals surface area (Å²) in [6, 6.07) is 5.44. The van der Waals surface area contributed by atoms with Gasteiger partial charge in [-0.3, -0.25) is 0 Å². The Hall–Kier alpha value is -2.71. The number of rotatable bonds is 1. The normalized spacial score (nSPS) is 12.8. The maximum Gasteiger partial charge on any atom is 0.416 e. The minimum atomic E-state index is -4.91. The molecule has 3 aromatic rings. The highest BCUT2D eigenvalue weighted by molar-refractivity contribution is 5.90. The predicted molar refractivity (Wildman–Crippen MR) is 73.9 cm³/mol. The first-order valence-electron chi connectivity index (χ1n) is 6.50. The Balaban J connectivity index is 2.21. The number of nitrogen functional groups attached to an aromatic ring is 1. The van der Waals surface area contributed by atoms with E-state index in [1.165, 1.54) is 18.2 Å². The molecule has 1 heterocycles. The second-order valence-electron chi connectivity index (χ2n) is 5.07. The van der Waals surface area contributed by atoms with Crippen molar-refractivity contribution in [3.05, 3.63) is 47.5 Å². The van der Waals surface area contributed by atoms with E-state index in [4.69, 9.17) is 10.3 Å². The molecule has 1 aromatic heterocycles. The highest BCUT2D eigenvalue weighted by atomic mass is 19.4. The highest BCUT2D eigenvalue weighted by Gasteiger charge is 2.37. The molecule has 0 atom stereocenters. The van der Waals surface area contributed by atoms with Crippen molar-refractivity contribution in [3.63, 3.8) is 0 Å². The fraction of sp³-hybridized carbons (Fsp3) is 0.133. The summed E-state index contributed by atoms with van der Waals surface area (Å²) in [6.45, 7) is 0. The first-order valence-corrected chi connectivity index (χ1v) is 6.50. The molecule has 0 radical (unpaired) electrons. The van der Waals surface area contributed by atoms with Gasteiger partial charge in [0.1, 0.15) is 0 Å². The number of halogens is 6. The van der Waals surface area contributed by atoms with E-state index in [2.05, 4.69) is 5.16 Å². The minimum absolute atomic E-state index is 0.0778. The fourth-order valence-corrected chi connectivity index (χ4v) is 2.26. The molecule has 0 saturated heterocycles. The highest BCUT2D eigenvalue weighted by Crippen LogP contribution is 2.39. The number of alkyl halides is 6.